The minimum atomic E-state index is 0.874. The van der Waals surface area contributed by atoms with E-state index in [9.17, 15) is 0 Å². The van der Waals surface area contributed by atoms with E-state index in [4.69, 9.17) is 0 Å². The summed E-state index contributed by atoms with van der Waals surface area (Å²) < 4.78 is 0. The summed E-state index contributed by atoms with van der Waals surface area (Å²) in [5, 5.41) is 2.39. The van der Waals surface area contributed by atoms with E-state index < -0.39 is 0 Å². The molecule has 2 aliphatic rings. The largest absolute Gasteiger partial charge is 0.264 e. The van der Waals surface area contributed by atoms with Gasteiger partial charge in [0.05, 0.1) is 5.69 Å². The summed E-state index contributed by atoms with van der Waals surface area (Å²) in [6, 6.07) is 26.6. The standard InChI is InChI=1S/C35H26N2/c1-23(7-8-24-9-10-25-5-3-16-37-34(25)18-24)26-11-12-29-20-30-4-2-6-32(35(30)33(29)21-26)28-13-14-31-22-36-17-15-27(31)19-28/h2-17,19,21-22H,18,20H2,1H3/b23-7+,24-8-. The van der Waals surface area contributed by atoms with Crippen LogP contribution in [0.15, 0.2) is 115 Å². The van der Waals surface area contributed by atoms with Crippen molar-refractivity contribution in [1.29, 1.82) is 0 Å². The van der Waals surface area contributed by atoms with Crippen LogP contribution in [0.2, 0.25) is 0 Å². The molecule has 7 rings (SSSR count). The summed E-state index contributed by atoms with van der Waals surface area (Å²) in [6.45, 7) is 2.21. The van der Waals surface area contributed by atoms with Crippen LogP contribution in [0.25, 0.3) is 44.7 Å². The number of allylic oxidation sites excluding steroid dienone is 5. The minimum absolute atomic E-state index is 0.874. The molecule has 0 N–H and O–H groups in total. The van der Waals surface area contributed by atoms with Gasteiger partial charge in [-0.15, -0.1) is 0 Å². The molecule has 0 spiro atoms. The molecule has 176 valence electrons. The normalized spacial score (nSPS) is 15.1. The third-order valence-electron chi connectivity index (χ3n) is 7.64. The molecule has 5 aromatic rings. The number of rotatable bonds is 3. The van der Waals surface area contributed by atoms with Crippen molar-refractivity contribution in [3.8, 4) is 22.3 Å². The van der Waals surface area contributed by atoms with Crippen molar-refractivity contribution in [1.82, 2.24) is 9.97 Å². The molecule has 2 aliphatic carbocycles. The lowest BCUT2D eigenvalue weighted by Gasteiger charge is -2.13. The topological polar surface area (TPSA) is 25.8 Å². The van der Waals surface area contributed by atoms with Gasteiger partial charge in [-0.3, -0.25) is 9.97 Å². The van der Waals surface area contributed by atoms with E-state index in [1.807, 2.05) is 24.7 Å². The molecule has 2 nitrogen and oxygen atoms in total. The average Bonchev–Trinajstić information content (AvgIpc) is 3.33. The smallest absolute Gasteiger partial charge is 0.0519 e. The summed E-state index contributed by atoms with van der Waals surface area (Å²) >= 11 is 0. The average molecular weight is 475 g/mol. The molecule has 0 saturated carbocycles. The Morgan fingerprint density at radius 3 is 2.73 bits per heavy atom. The molecule has 0 radical (unpaired) electrons. The molecule has 2 heteroatoms. The van der Waals surface area contributed by atoms with Crippen LogP contribution in [-0.4, -0.2) is 9.97 Å². The van der Waals surface area contributed by atoms with Crippen molar-refractivity contribution in [3.05, 3.63) is 143 Å². The fourth-order valence-corrected chi connectivity index (χ4v) is 5.61. The van der Waals surface area contributed by atoms with Crippen LogP contribution in [0.4, 0.5) is 0 Å². The lowest BCUT2D eigenvalue weighted by molar-refractivity contribution is 1.05. The fourth-order valence-electron chi connectivity index (χ4n) is 5.61. The van der Waals surface area contributed by atoms with E-state index in [2.05, 4.69) is 108 Å². The lowest BCUT2D eigenvalue weighted by atomic mass is 9.92. The number of nitrogens with zero attached hydrogens (tertiary/aromatic N) is 2. The van der Waals surface area contributed by atoms with Gasteiger partial charge in [0.2, 0.25) is 0 Å². The van der Waals surface area contributed by atoms with E-state index in [0.717, 1.165) is 18.5 Å². The molecule has 0 aliphatic heterocycles. The summed E-state index contributed by atoms with van der Waals surface area (Å²) in [6.07, 6.45) is 16.4. The summed E-state index contributed by atoms with van der Waals surface area (Å²) in [5.41, 5.74) is 14.3. The van der Waals surface area contributed by atoms with Crippen molar-refractivity contribution >= 4 is 22.4 Å². The highest BCUT2D eigenvalue weighted by atomic mass is 14.7. The zero-order valence-corrected chi connectivity index (χ0v) is 20.8. The number of hydrogen-bond donors (Lipinski definition) is 0. The van der Waals surface area contributed by atoms with Crippen molar-refractivity contribution in [2.75, 3.05) is 0 Å². The highest BCUT2D eigenvalue weighted by Gasteiger charge is 2.22. The first-order valence-electron chi connectivity index (χ1n) is 12.8. The van der Waals surface area contributed by atoms with E-state index in [1.54, 1.807) is 0 Å². The van der Waals surface area contributed by atoms with Crippen molar-refractivity contribution in [3.63, 3.8) is 0 Å². The molecule has 0 atom stereocenters. The maximum absolute atomic E-state index is 4.55. The molecule has 3 aromatic carbocycles. The molecule has 2 heterocycles. The van der Waals surface area contributed by atoms with Crippen molar-refractivity contribution < 1.29 is 0 Å². The number of pyridine rings is 2. The zero-order chi connectivity index (χ0) is 24.8. The first-order valence-corrected chi connectivity index (χ1v) is 12.8. The first kappa shape index (κ1) is 21.7. The maximum atomic E-state index is 4.55. The molecule has 37 heavy (non-hydrogen) atoms. The molecular weight excluding hydrogens is 448 g/mol. The van der Waals surface area contributed by atoms with Gasteiger partial charge in [-0.25, -0.2) is 0 Å². The second-order valence-corrected chi connectivity index (χ2v) is 9.97. The summed E-state index contributed by atoms with van der Waals surface area (Å²) in [5.74, 6) is 0. The molecule has 0 saturated heterocycles. The fraction of sp³-hybridized carbons (Fsp3) is 0.0857. The van der Waals surface area contributed by atoms with Gasteiger partial charge in [0.15, 0.2) is 0 Å². The third-order valence-corrected chi connectivity index (χ3v) is 7.64. The summed E-state index contributed by atoms with van der Waals surface area (Å²) in [4.78, 5) is 8.82. The zero-order valence-electron chi connectivity index (χ0n) is 20.8. The molecular formula is C35H26N2. The number of fused-ring (bicyclic) bond motifs is 5. The lowest BCUT2D eigenvalue weighted by Crippen LogP contribution is -1.99. The Balaban J connectivity index is 1.25. The number of aromatic nitrogens is 2. The summed E-state index contributed by atoms with van der Waals surface area (Å²) in [7, 11) is 0. The Morgan fingerprint density at radius 2 is 1.76 bits per heavy atom. The van der Waals surface area contributed by atoms with Crippen LogP contribution in [0.5, 0.6) is 0 Å². The van der Waals surface area contributed by atoms with Gasteiger partial charge in [0.1, 0.15) is 0 Å². The number of hydrogen-bond acceptors (Lipinski definition) is 2. The quantitative estimate of drug-likeness (QED) is 0.257. The van der Waals surface area contributed by atoms with Crippen LogP contribution in [0.3, 0.4) is 0 Å². The van der Waals surface area contributed by atoms with E-state index >= 15 is 0 Å². The first-order chi connectivity index (χ1) is 18.2. The highest BCUT2D eigenvalue weighted by Crippen LogP contribution is 2.44. The van der Waals surface area contributed by atoms with Crippen LogP contribution in [0.1, 0.15) is 34.9 Å². The Hall–Kier alpha value is -4.56. The van der Waals surface area contributed by atoms with Gasteiger partial charge in [-0.1, -0.05) is 72.8 Å². The monoisotopic (exact) mass is 474 g/mol. The molecule has 0 fully saturated rings. The third kappa shape index (κ3) is 3.91. The van der Waals surface area contributed by atoms with Gasteiger partial charge in [-0.2, -0.15) is 0 Å². The van der Waals surface area contributed by atoms with E-state index in [0.29, 0.717) is 0 Å². The Labute approximate surface area is 217 Å². The van der Waals surface area contributed by atoms with E-state index in [-0.39, 0.29) is 0 Å². The van der Waals surface area contributed by atoms with Crippen LogP contribution in [-0.2, 0) is 12.8 Å². The molecule has 2 aromatic heterocycles. The van der Waals surface area contributed by atoms with Crippen molar-refractivity contribution in [2.24, 2.45) is 0 Å². The van der Waals surface area contributed by atoms with Crippen LogP contribution >= 0.6 is 0 Å². The SMILES string of the molecule is C/C(=C\C=C1\C=Cc2cccnc2C1)c1ccc2c(c1)-c1c(cccc1-c1ccc3cnccc3c1)C2. The molecule has 0 amide bonds. The Kier molecular flexibility index (Phi) is 5.18. The van der Waals surface area contributed by atoms with Gasteiger partial charge >= 0.3 is 0 Å². The predicted molar refractivity (Wildman–Crippen MR) is 154 cm³/mol. The maximum Gasteiger partial charge on any atom is 0.0519 e. The second-order valence-electron chi connectivity index (χ2n) is 9.97. The van der Waals surface area contributed by atoms with Gasteiger partial charge < -0.3 is 0 Å². The van der Waals surface area contributed by atoms with Gasteiger partial charge in [0.25, 0.3) is 0 Å². The number of benzene rings is 3. The Bertz CT molecular complexity index is 1790. The molecule has 0 bridgehead atoms. The second kappa shape index (κ2) is 8.83. The predicted octanol–water partition coefficient (Wildman–Crippen LogP) is 8.47. The highest BCUT2D eigenvalue weighted by molar-refractivity contribution is 5.94. The van der Waals surface area contributed by atoms with Crippen LogP contribution in [0, 0.1) is 0 Å². The Morgan fingerprint density at radius 1 is 0.784 bits per heavy atom. The van der Waals surface area contributed by atoms with Gasteiger partial charge in [0, 0.05) is 30.4 Å². The molecule has 0 unspecified atom stereocenters. The van der Waals surface area contributed by atoms with Crippen LogP contribution < -0.4 is 0 Å². The van der Waals surface area contributed by atoms with Crippen molar-refractivity contribution in [2.45, 2.75) is 19.8 Å². The minimum Gasteiger partial charge on any atom is -0.264 e. The van der Waals surface area contributed by atoms with E-state index in [1.165, 1.54) is 66.4 Å². The van der Waals surface area contributed by atoms with Gasteiger partial charge in [-0.05, 0) is 98.7 Å².